The van der Waals surface area contributed by atoms with Crippen molar-refractivity contribution in [1.29, 1.82) is 0 Å². The van der Waals surface area contributed by atoms with E-state index in [0.29, 0.717) is 14.5 Å². The van der Waals surface area contributed by atoms with Crippen LogP contribution in [0.2, 0.25) is 0 Å². The van der Waals surface area contributed by atoms with Gasteiger partial charge in [-0.15, -0.1) is 11.3 Å². The van der Waals surface area contributed by atoms with E-state index in [2.05, 4.69) is 14.9 Å². The van der Waals surface area contributed by atoms with Crippen molar-refractivity contribution in [3.63, 3.8) is 0 Å². The van der Waals surface area contributed by atoms with E-state index in [1.54, 1.807) is 23.0 Å². The van der Waals surface area contributed by atoms with Crippen molar-refractivity contribution in [2.75, 3.05) is 0 Å². The largest absolute Gasteiger partial charge is 0.253 e. The predicted molar refractivity (Wildman–Crippen MR) is 43.3 cm³/mol. The number of nitrogens with zero attached hydrogens (tertiary/aromatic N) is 2. The molecule has 0 atom stereocenters. The number of aromatic nitrogens is 2. The first-order valence-corrected chi connectivity index (χ1v) is 5.56. The van der Waals surface area contributed by atoms with Crippen LogP contribution >= 0.6 is 11.3 Å². The van der Waals surface area contributed by atoms with Crippen molar-refractivity contribution in [1.82, 2.24) is 9.97 Å². The van der Waals surface area contributed by atoms with Crippen molar-refractivity contribution in [3.8, 4) is 0 Å². The van der Waals surface area contributed by atoms with Gasteiger partial charge < -0.3 is 0 Å². The molecule has 0 radical (unpaired) electrons. The quantitative estimate of drug-likeness (QED) is 0.621. The molecule has 2 aromatic rings. The molecule has 2 nitrogen and oxygen atoms in total. The van der Waals surface area contributed by atoms with E-state index in [-0.39, 0.29) is 0 Å². The van der Waals surface area contributed by atoms with Crippen molar-refractivity contribution < 1.29 is 0 Å². The van der Waals surface area contributed by atoms with Crippen molar-refractivity contribution >= 4 is 25.8 Å². The number of hydrogen-bond acceptors (Lipinski definition) is 3. The molecule has 0 amide bonds. The molecule has 2 heterocycles. The first-order valence-electron chi connectivity index (χ1n) is 2.64. The van der Waals surface area contributed by atoms with Gasteiger partial charge in [0.05, 0.1) is 5.51 Å². The van der Waals surface area contributed by atoms with E-state index in [4.69, 9.17) is 0 Å². The maximum atomic E-state index is 3.81. The van der Waals surface area contributed by atoms with E-state index in [1.807, 2.05) is 16.6 Å². The van der Waals surface area contributed by atoms with Gasteiger partial charge in [-0.3, -0.25) is 4.98 Å². The SMILES string of the molecule is c1c[se]cn1.c1cscn1. The minimum absolute atomic E-state index is 0.597. The monoisotopic (exact) mass is 218 g/mol. The van der Waals surface area contributed by atoms with Gasteiger partial charge in [0.1, 0.15) is 0 Å². The Hall–Kier alpha value is -0.441. The van der Waals surface area contributed by atoms with E-state index in [1.165, 1.54) is 0 Å². The molecule has 52 valence electrons. The van der Waals surface area contributed by atoms with Crippen LogP contribution in [-0.4, -0.2) is 24.5 Å². The molecule has 0 fully saturated rings. The average Bonchev–Trinajstić information content (AvgIpc) is 2.67. The molecule has 0 saturated carbocycles. The van der Waals surface area contributed by atoms with Crippen LogP contribution < -0.4 is 0 Å². The third-order valence-corrected chi connectivity index (χ3v) is 2.31. The summed E-state index contributed by atoms with van der Waals surface area (Å²) in [5.74, 6) is 0. The Morgan fingerprint density at radius 2 is 2.20 bits per heavy atom. The van der Waals surface area contributed by atoms with Crippen LogP contribution in [0.3, 0.4) is 0 Å². The Morgan fingerprint density at radius 3 is 2.40 bits per heavy atom. The first-order chi connectivity index (χ1) is 5.00. The first kappa shape index (κ1) is 7.66. The van der Waals surface area contributed by atoms with Crippen LogP contribution in [-0.2, 0) is 0 Å². The summed E-state index contributed by atoms with van der Waals surface area (Å²) in [5.41, 5.74) is 1.79. The zero-order chi connectivity index (χ0) is 7.07. The van der Waals surface area contributed by atoms with Gasteiger partial charge in [-0.25, -0.2) is 0 Å². The summed E-state index contributed by atoms with van der Waals surface area (Å²) in [5, 5.41) is 3.87. The van der Waals surface area contributed by atoms with Crippen LogP contribution in [0.25, 0.3) is 0 Å². The number of thiazole rings is 1. The summed E-state index contributed by atoms with van der Waals surface area (Å²) in [6.07, 6.45) is 3.60. The smallest absolute Gasteiger partial charge is 0.0791 e. The minimum atomic E-state index is 0.597. The molecule has 0 unspecified atom stereocenters. The van der Waals surface area contributed by atoms with E-state index in [9.17, 15) is 0 Å². The molecule has 0 aliphatic carbocycles. The van der Waals surface area contributed by atoms with Gasteiger partial charge in [0.2, 0.25) is 0 Å². The van der Waals surface area contributed by atoms with E-state index >= 15 is 0 Å². The van der Waals surface area contributed by atoms with Crippen LogP contribution in [0.1, 0.15) is 0 Å². The summed E-state index contributed by atoms with van der Waals surface area (Å²) in [4.78, 5) is 9.62. The fourth-order valence-corrected chi connectivity index (χ4v) is 1.44. The molecule has 2 rings (SSSR count). The summed E-state index contributed by atoms with van der Waals surface area (Å²) in [6, 6.07) is 0. The number of rotatable bonds is 0. The Bertz CT molecular complexity index is 155. The van der Waals surface area contributed by atoms with Crippen molar-refractivity contribution in [2.45, 2.75) is 0 Å². The Balaban J connectivity index is 0.0000001000. The zero-order valence-corrected chi connectivity index (χ0v) is 7.70. The standard InChI is InChI=1S/C3H3NS.C3H3NSe/c2*1-2-5-3-4-1/h2*1-3H. The van der Waals surface area contributed by atoms with Crippen LogP contribution in [0.15, 0.2) is 33.3 Å². The molecule has 0 aliphatic heterocycles. The second-order valence-electron chi connectivity index (χ2n) is 1.35. The number of hydrogen-bond donors (Lipinski definition) is 0. The van der Waals surface area contributed by atoms with Gasteiger partial charge >= 0.3 is 35.7 Å². The molecule has 0 spiro atoms. The molecule has 2 aromatic heterocycles. The molecule has 0 aliphatic rings. The van der Waals surface area contributed by atoms with Gasteiger partial charge in [-0.2, -0.15) is 0 Å². The topological polar surface area (TPSA) is 25.8 Å². The van der Waals surface area contributed by atoms with Gasteiger partial charge in [-0.1, -0.05) is 0 Å². The second-order valence-corrected chi connectivity index (χ2v) is 3.69. The van der Waals surface area contributed by atoms with E-state index < -0.39 is 0 Å². The molecule has 0 bridgehead atoms. The third-order valence-electron chi connectivity index (χ3n) is 0.694. The Kier molecular flexibility index (Phi) is 4.10. The van der Waals surface area contributed by atoms with Crippen LogP contribution in [0, 0.1) is 0 Å². The van der Waals surface area contributed by atoms with Gasteiger partial charge in [-0.05, 0) is 0 Å². The molecule has 0 aromatic carbocycles. The summed E-state index contributed by atoms with van der Waals surface area (Å²) in [6.45, 7) is 0. The summed E-state index contributed by atoms with van der Waals surface area (Å²) in [7, 11) is 0. The Labute approximate surface area is 69.3 Å². The summed E-state index contributed by atoms with van der Waals surface area (Å²) < 4.78 is 0. The fourth-order valence-electron chi connectivity index (χ4n) is 0.351. The molecular formula is C6H6N2SSe. The van der Waals surface area contributed by atoms with E-state index in [0.717, 1.165) is 0 Å². The van der Waals surface area contributed by atoms with Gasteiger partial charge in [0.25, 0.3) is 0 Å². The third kappa shape index (κ3) is 3.56. The molecular weight excluding hydrogens is 211 g/mol. The van der Waals surface area contributed by atoms with Crippen molar-refractivity contribution in [3.05, 3.63) is 33.3 Å². The van der Waals surface area contributed by atoms with Crippen LogP contribution in [0.5, 0.6) is 0 Å². The molecule has 4 heteroatoms. The average molecular weight is 217 g/mol. The maximum Gasteiger partial charge on any atom is 0.0791 e. The molecule has 0 N–H and O–H groups in total. The predicted octanol–water partition coefficient (Wildman–Crippen LogP) is 1.28. The van der Waals surface area contributed by atoms with Crippen LogP contribution in [0.4, 0.5) is 0 Å². The Morgan fingerprint density at radius 1 is 1.20 bits per heavy atom. The molecule has 10 heavy (non-hydrogen) atoms. The summed E-state index contributed by atoms with van der Waals surface area (Å²) >= 11 is 2.20. The second kappa shape index (κ2) is 5.35. The van der Waals surface area contributed by atoms with Crippen molar-refractivity contribution in [2.24, 2.45) is 0 Å². The van der Waals surface area contributed by atoms with Gasteiger partial charge in [0, 0.05) is 11.6 Å². The van der Waals surface area contributed by atoms with Gasteiger partial charge in [0.15, 0.2) is 0 Å². The maximum absolute atomic E-state index is 3.81. The normalized spacial score (nSPS) is 8.00. The minimum Gasteiger partial charge on any atom is -0.253 e. The molecule has 0 saturated heterocycles. The fraction of sp³-hybridized carbons (Fsp3) is 0. The zero-order valence-electron chi connectivity index (χ0n) is 5.18.